The minimum Gasteiger partial charge on any atom is -0.493 e. The molecule has 6 heteroatoms. The molecule has 18 heavy (non-hydrogen) atoms. The largest absolute Gasteiger partial charge is 0.493 e. The van der Waals surface area contributed by atoms with Crippen LogP contribution in [-0.2, 0) is 11.3 Å². The molecule has 0 fully saturated rings. The molecular formula is C12H16ClNO4. The average molecular weight is 274 g/mol. The molecule has 0 aromatic heterocycles. The maximum atomic E-state index is 10.4. The van der Waals surface area contributed by atoms with E-state index in [1.807, 2.05) is 6.07 Å². The number of carbonyl (C=O) groups is 1. The average Bonchev–Trinajstić information content (AvgIpc) is 2.35. The summed E-state index contributed by atoms with van der Waals surface area (Å²) in [6.45, 7) is 0.868. The lowest BCUT2D eigenvalue weighted by atomic mass is 10.2. The summed E-state index contributed by atoms with van der Waals surface area (Å²) in [5.41, 5.74) is 0.833. The third kappa shape index (κ3) is 3.78. The molecule has 0 amide bonds. The van der Waals surface area contributed by atoms with E-state index >= 15 is 0 Å². The summed E-state index contributed by atoms with van der Waals surface area (Å²) in [5, 5.41) is 12.0. The van der Waals surface area contributed by atoms with E-state index < -0.39 is 5.97 Å². The van der Waals surface area contributed by atoms with Crippen molar-refractivity contribution in [2.75, 3.05) is 20.8 Å². The smallest absolute Gasteiger partial charge is 0.304 e. The van der Waals surface area contributed by atoms with Crippen molar-refractivity contribution in [1.82, 2.24) is 5.32 Å². The summed E-state index contributed by atoms with van der Waals surface area (Å²) >= 11 is 6.17. The highest BCUT2D eigenvalue weighted by Gasteiger charge is 2.12. The van der Waals surface area contributed by atoms with Gasteiger partial charge in [0.15, 0.2) is 11.5 Å². The molecule has 0 unspecified atom stereocenters. The van der Waals surface area contributed by atoms with Crippen molar-refractivity contribution in [3.63, 3.8) is 0 Å². The highest BCUT2D eigenvalue weighted by Crippen LogP contribution is 2.37. The molecule has 0 saturated heterocycles. The van der Waals surface area contributed by atoms with Crippen LogP contribution in [0.1, 0.15) is 12.0 Å². The first-order valence-electron chi connectivity index (χ1n) is 5.42. The van der Waals surface area contributed by atoms with Crippen LogP contribution in [0.2, 0.25) is 5.02 Å². The van der Waals surface area contributed by atoms with Crippen molar-refractivity contribution < 1.29 is 19.4 Å². The second kappa shape index (κ2) is 7.08. The Morgan fingerprint density at radius 3 is 2.67 bits per heavy atom. The highest BCUT2D eigenvalue weighted by molar-refractivity contribution is 6.33. The fourth-order valence-electron chi connectivity index (χ4n) is 1.48. The molecule has 1 rings (SSSR count). The zero-order valence-corrected chi connectivity index (χ0v) is 11.1. The van der Waals surface area contributed by atoms with E-state index in [1.54, 1.807) is 13.2 Å². The molecule has 1 aromatic rings. The number of carboxylic acids is 1. The number of nitrogens with one attached hydrogen (secondary N) is 1. The lowest BCUT2D eigenvalue weighted by molar-refractivity contribution is -0.136. The first kappa shape index (κ1) is 14.6. The SMILES string of the molecule is COc1ccc(CNCCC(=O)O)c(Cl)c1OC. The Balaban J connectivity index is 2.69. The number of hydrogen-bond acceptors (Lipinski definition) is 4. The van der Waals surface area contributed by atoms with Gasteiger partial charge < -0.3 is 19.9 Å². The van der Waals surface area contributed by atoms with E-state index in [2.05, 4.69) is 5.32 Å². The van der Waals surface area contributed by atoms with Crippen molar-refractivity contribution >= 4 is 17.6 Å². The van der Waals surface area contributed by atoms with Crippen molar-refractivity contribution in [2.45, 2.75) is 13.0 Å². The minimum atomic E-state index is -0.832. The van der Waals surface area contributed by atoms with E-state index in [4.69, 9.17) is 26.2 Å². The predicted molar refractivity (Wildman–Crippen MR) is 68.5 cm³/mol. The van der Waals surface area contributed by atoms with Crippen LogP contribution < -0.4 is 14.8 Å². The zero-order chi connectivity index (χ0) is 13.5. The molecule has 100 valence electrons. The molecule has 0 saturated carbocycles. The molecule has 0 spiro atoms. The van der Waals surface area contributed by atoms with E-state index in [9.17, 15) is 4.79 Å². The summed E-state index contributed by atoms with van der Waals surface area (Å²) in [5.74, 6) is 0.217. The van der Waals surface area contributed by atoms with Gasteiger partial charge in [0.05, 0.1) is 25.7 Å². The second-order valence-corrected chi connectivity index (χ2v) is 3.97. The van der Waals surface area contributed by atoms with Gasteiger partial charge in [-0.1, -0.05) is 17.7 Å². The summed E-state index contributed by atoms with van der Waals surface area (Å²) in [6, 6.07) is 3.58. The molecular weight excluding hydrogens is 258 g/mol. The van der Waals surface area contributed by atoms with Crippen LogP contribution in [0.15, 0.2) is 12.1 Å². The molecule has 0 aliphatic rings. The lowest BCUT2D eigenvalue weighted by Crippen LogP contribution is -2.17. The van der Waals surface area contributed by atoms with Crippen LogP contribution in [0.4, 0.5) is 0 Å². The standard InChI is InChI=1S/C12H16ClNO4/c1-17-9-4-3-8(11(13)12(9)18-2)7-14-6-5-10(15)16/h3-4,14H,5-7H2,1-2H3,(H,15,16). The Labute approximate surface area is 111 Å². The number of aliphatic carboxylic acids is 1. The number of rotatable bonds is 7. The third-order valence-corrected chi connectivity index (χ3v) is 2.81. The van der Waals surface area contributed by atoms with Gasteiger partial charge in [0, 0.05) is 13.1 Å². The topological polar surface area (TPSA) is 67.8 Å². The van der Waals surface area contributed by atoms with Gasteiger partial charge in [-0.25, -0.2) is 0 Å². The summed E-state index contributed by atoms with van der Waals surface area (Å²) < 4.78 is 10.3. The van der Waals surface area contributed by atoms with E-state index in [0.29, 0.717) is 29.6 Å². The summed E-state index contributed by atoms with van der Waals surface area (Å²) in [4.78, 5) is 10.4. The van der Waals surface area contributed by atoms with Gasteiger partial charge in [-0.3, -0.25) is 4.79 Å². The molecule has 5 nitrogen and oxygen atoms in total. The van der Waals surface area contributed by atoms with Gasteiger partial charge in [-0.2, -0.15) is 0 Å². The Kier molecular flexibility index (Phi) is 5.74. The zero-order valence-electron chi connectivity index (χ0n) is 10.3. The predicted octanol–water partition coefficient (Wildman–Crippen LogP) is 1.92. The fourth-order valence-corrected chi connectivity index (χ4v) is 1.79. The number of benzene rings is 1. The Morgan fingerprint density at radius 1 is 1.39 bits per heavy atom. The molecule has 0 radical (unpaired) electrons. The second-order valence-electron chi connectivity index (χ2n) is 3.59. The Morgan fingerprint density at radius 2 is 2.11 bits per heavy atom. The van der Waals surface area contributed by atoms with Crippen LogP contribution in [0.3, 0.4) is 0 Å². The normalized spacial score (nSPS) is 10.2. The van der Waals surface area contributed by atoms with E-state index in [-0.39, 0.29) is 6.42 Å². The minimum absolute atomic E-state index is 0.0743. The molecule has 0 bridgehead atoms. The molecule has 0 atom stereocenters. The third-order valence-electron chi connectivity index (χ3n) is 2.40. The number of methoxy groups -OCH3 is 2. The molecule has 1 aromatic carbocycles. The van der Waals surface area contributed by atoms with Gasteiger partial charge in [0.25, 0.3) is 0 Å². The van der Waals surface area contributed by atoms with Gasteiger partial charge in [0.2, 0.25) is 0 Å². The Hall–Kier alpha value is -1.46. The van der Waals surface area contributed by atoms with Crippen LogP contribution in [0.5, 0.6) is 11.5 Å². The van der Waals surface area contributed by atoms with Crippen molar-refractivity contribution in [3.05, 3.63) is 22.7 Å². The van der Waals surface area contributed by atoms with Crippen molar-refractivity contribution in [2.24, 2.45) is 0 Å². The van der Waals surface area contributed by atoms with Gasteiger partial charge in [0.1, 0.15) is 0 Å². The maximum Gasteiger partial charge on any atom is 0.304 e. The molecule has 0 heterocycles. The highest BCUT2D eigenvalue weighted by atomic mass is 35.5. The van der Waals surface area contributed by atoms with Gasteiger partial charge in [-0.15, -0.1) is 0 Å². The summed E-state index contributed by atoms with van der Waals surface area (Å²) in [6.07, 6.45) is 0.0743. The fraction of sp³-hybridized carbons (Fsp3) is 0.417. The lowest BCUT2D eigenvalue weighted by Gasteiger charge is -2.13. The number of ether oxygens (including phenoxy) is 2. The maximum absolute atomic E-state index is 10.4. The molecule has 0 aliphatic carbocycles. The monoisotopic (exact) mass is 273 g/mol. The van der Waals surface area contributed by atoms with Gasteiger partial charge >= 0.3 is 5.97 Å². The number of halogens is 1. The summed E-state index contributed by atoms with van der Waals surface area (Å²) in [7, 11) is 3.06. The van der Waals surface area contributed by atoms with Crippen LogP contribution in [0.25, 0.3) is 0 Å². The molecule has 0 aliphatic heterocycles. The molecule has 2 N–H and O–H groups in total. The van der Waals surface area contributed by atoms with Crippen LogP contribution >= 0.6 is 11.6 Å². The van der Waals surface area contributed by atoms with Crippen molar-refractivity contribution in [1.29, 1.82) is 0 Å². The quantitative estimate of drug-likeness (QED) is 0.743. The Bertz CT molecular complexity index is 423. The first-order valence-corrected chi connectivity index (χ1v) is 5.79. The van der Waals surface area contributed by atoms with Crippen molar-refractivity contribution in [3.8, 4) is 11.5 Å². The van der Waals surface area contributed by atoms with Crippen LogP contribution in [0, 0.1) is 0 Å². The van der Waals surface area contributed by atoms with E-state index in [0.717, 1.165) is 5.56 Å². The number of carboxylic acid groups (broad SMARTS) is 1. The van der Waals surface area contributed by atoms with Gasteiger partial charge in [-0.05, 0) is 11.6 Å². The number of hydrogen-bond donors (Lipinski definition) is 2. The van der Waals surface area contributed by atoms with E-state index in [1.165, 1.54) is 7.11 Å². The van der Waals surface area contributed by atoms with Crippen LogP contribution in [-0.4, -0.2) is 31.8 Å². The first-order chi connectivity index (χ1) is 8.60.